The Hall–Kier alpha value is -4.33. The van der Waals surface area contributed by atoms with E-state index in [0.717, 1.165) is 0 Å². The van der Waals surface area contributed by atoms with E-state index in [1.165, 1.54) is 33.5 Å². The van der Waals surface area contributed by atoms with Gasteiger partial charge < -0.3 is 34.8 Å². The molecule has 4 amide bonds. The van der Waals surface area contributed by atoms with E-state index in [1.54, 1.807) is 58.6 Å². The fraction of sp³-hybridized carbons (Fsp3) is 0.651. The lowest BCUT2D eigenvalue weighted by molar-refractivity contribution is -0.141. The quantitative estimate of drug-likeness (QED) is 0.275. The predicted molar refractivity (Wildman–Crippen MR) is 233 cm³/mol. The molecular weight excluding hydrogens is 862 g/mol. The standard InChI is InChI=1S/C43H61ClF2N8O8S/c1-41(2,3)61-39(57)47-15-16-50-17-19-52(20-18-50)38(56)29-7-9-30(10-8-29)43(45,46)31-25-35(44)49-36(26-31)51-21-23-53(24-22-51)63(59,60)34-13-11-33(12-14-34)54-28-32(27-37(54)55)48-40(58)62-42(4,5)6/h11-14,25-26,29-30,32H,7-10,15-24,27-28H2,1-6H3,(H,47,57)(H,48,58)/t29-,30-,32-/m1/s1. The van der Waals surface area contributed by atoms with Gasteiger partial charge in [0, 0.05) is 101 Å². The van der Waals surface area contributed by atoms with Crippen LogP contribution in [0.3, 0.4) is 0 Å². The van der Waals surface area contributed by atoms with E-state index in [4.69, 9.17) is 21.1 Å². The molecule has 1 aliphatic carbocycles. The number of hydrogen-bond acceptors (Lipinski definition) is 11. The summed E-state index contributed by atoms with van der Waals surface area (Å²) in [6.45, 7) is 14.8. The molecular formula is C43H61ClF2N8O8S. The Kier molecular flexibility index (Phi) is 14.8. The van der Waals surface area contributed by atoms with Gasteiger partial charge in [0.2, 0.25) is 21.8 Å². The minimum atomic E-state index is -3.93. The Balaban J connectivity index is 0.971. The highest BCUT2D eigenvalue weighted by molar-refractivity contribution is 7.89. The van der Waals surface area contributed by atoms with Crippen molar-refractivity contribution in [1.82, 2.24) is 29.7 Å². The molecule has 1 aromatic heterocycles. The zero-order valence-corrected chi connectivity index (χ0v) is 38.6. The fourth-order valence-electron chi connectivity index (χ4n) is 8.49. The monoisotopic (exact) mass is 922 g/mol. The summed E-state index contributed by atoms with van der Waals surface area (Å²) in [7, 11) is -3.93. The van der Waals surface area contributed by atoms with Crippen LogP contribution in [0.1, 0.15) is 79.2 Å². The van der Waals surface area contributed by atoms with Crippen LogP contribution in [0.2, 0.25) is 5.15 Å². The van der Waals surface area contributed by atoms with Crippen LogP contribution in [0.15, 0.2) is 41.3 Å². The molecule has 2 aromatic rings. The van der Waals surface area contributed by atoms with Gasteiger partial charge >= 0.3 is 12.2 Å². The van der Waals surface area contributed by atoms with Crippen molar-refractivity contribution in [2.45, 2.75) is 102 Å². The maximum absolute atomic E-state index is 16.2. The summed E-state index contributed by atoms with van der Waals surface area (Å²) in [5.74, 6) is -4.54. The molecule has 6 rings (SSSR count). The Morgan fingerprint density at radius 2 is 1.44 bits per heavy atom. The van der Waals surface area contributed by atoms with Crippen LogP contribution >= 0.6 is 11.6 Å². The normalized spacial score (nSPS) is 22.2. The number of piperazine rings is 2. The number of benzene rings is 1. The van der Waals surface area contributed by atoms with Crippen molar-refractivity contribution >= 4 is 57.1 Å². The molecule has 348 valence electrons. The minimum absolute atomic E-state index is 0.00138. The second kappa shape index (κ2) is 19.4. The molecule has 0 bridgehead atoms. The molecule has 0 radical (unpaired) electrons. The van der Waals surface area contributed by atoms with Gasteiger partial charge in [-0.1, -0.05) is 11.6 Å². The summed E-state index contributed by atoms with van der Waals surface area (Å²) >= 11 is 6.34. The summed E-state index contributed by atoms with van der Waals surface area (Å²) in [5.41, 5.74) is -1.03. The first-order chi connectivity index (χ1) is 29.5. The lowest BCUT2D eigenvalue weighted by Crippen LogP contribution is -2.52. The average Bonchev–Trinajstić information content (AvgIpc) is 3.58. The summed E-state index contributed by atoms with van der Waals surface area (Å²) in [4.78, 5) is 62.0. The van der Waals surface area contributed by atoms with Crippen LogP contribution in [0, 0.1) is 11.8 Å². The van der Waals surface area contributed by atoms with Crippen molar-refractivity contribution in [3.63, 3.8) is 0 Å². The topological polar surface area (TPSA) is 174 Å². The molecule has 0 unspecified atom stereocenters. The third kappa shape index (κ3) is 12.5. The van der Waals surface area contributed by atoms with Crippen LogP contribution in [0.5, 0.6) is 0 Å². The zero-order valence-electron chi connectivity index (χ0n) is 37.0. The first kappa shape index (κ1) is 48.1. The third-order valence-corrected chi connectivity index (χ3v) is 13.8. The summed E-state index contributed by atoms with van der Waals surface area (Å²) in [6.07, 6.45) is 0.0442. The molecule has 4 aliphatic rings. The second-order valence-electron chi connectivity index (χ2n) is 18.7. The van der Waals surface area contributed by atoms with Gasteiger partial charge in [0.05, 0.1) is 10.9 Å². The number of amides is 4. The fourth-order valence-corrected chi connectivity index (χ4v) is 10.1. The largest absolute Gasteiger partial charge is 0.444 e. The highest BCUT2D eigenvalue weighted by Crippen LogP contribution is 2.46. The molecule has 3 aliphatic heterocycles. The molecule has 4 fully saturated rings. The number of nitrogens with one attached hydrogen (secondary N) is 2. The van der Waals surface area contributed by atoms with Crippen molar-refractivity contribution in [1.29, 1.82) is 0 Å². The number of pyridine rings is 1. The number of rotatable bonds is 11. The van der Waals surface area contributed by atoms with Crippen molar-refractivity contribution in [3.05, 3.63) is 47.1 Å². The molecule has 0 spiro atoms. The lowest BCUT2D eigenvalue weighted by atomic mass is 9.77. The van der Waals surface area contributed by atoms with Gasteiger partial charge in [-0.15, -0.1) is 0 Å². The number of carbonyl (C=O) groups excluding carboxylic acids is 4. The first-order valence-corrected chi connectivity index (χ1v) is 23.5. The number of halogens is 3. The van der Waals surface area contributed by atoms with E-state index in [0.29, 0.717) is 57.8 Å². The molecule has 20 heteroatoms. The number of carbonyl (C=O) groups is 4. The zero-order chi connectivity index (χ0) is 45.9. The number of hydrogen-bond donors (Lipinski definition) is 2. The van der Waals surface area contributed by atoms with Gasteiger partial charge in [-0.3, -0.25) is 14.5 Å². The summed E-state index contributed by atoms with van der Waals surface area (Å²) in [5, 5.41) is 5.37. The number of sulfonamides is 1. The van der Waals surface area contributed by atoms with E-state index >= 15 is 8.78 Å². The average molecular weight is 924 g/mol. The molecule has 63 heavy (non-hydrogen) atoms. The SMILES string of the molecule is CC(C)(C)OC(=O)NCCN1CCN(C(=O)[C@H]2CC[C@H](C(F)(F)c3cc(Cl)nc(N4CCN(S(=O)(=O)c5ccc(N6C[C@H](NC(=O)OC(C)(C)C)CC6=O)cc5)CC4)c3)CC2)CC1. The van der Waals surface area contributed by atoms with Crippen molar-refractivity contribution in [2.75, 3.05) is 81.8 Å². The van der Waals surface area contributed by atoms with E-state index in [-0.39, 0.29) is 91.1 Å². The van der Waals surface area contributed by atoms with Crippen LogP contribution < -0.4 is 20.4 Å². The smallest absolute Gasteiger partial charge is 0.407 e. The molecule has 4 heterocycles. The number of aromatic nitrogens is 1. The second-order valence-corrected chi connectivity index (χ2v) is 21.1. The Morgan fingerprint density at radius 3 is 2.05 bits per heavy atom. The molecule has 2 N–H and O–H groups in total. The number of alkyl carbamates (subject to hydrolysis) is 2. The number of anilines is 2. The van der Waals surface area contributed by atoms with E-state index in [9.17, 15) is 27.6 Å². The molecule has 1 atom stereocenters. The summed E-state index contributed by atoms with van der Waals surface area (Å²) < 4.78 is 71.7. The van der Waals surface area contributed by atoms with Crippen molar-refractivity contribution in [3.8, 4) is 0 Å². The highest BCUT2D eigenvalue weighted by atomic mass is 35.5. The van der Waals surface area contributed by atoms with Gasteiger partial charge in [-0.25, -0.2) is 31.8 Å². The number of ether oxygens (including phenoxy) is 2. The highest BCUT2D eigenvalue weighted by Gasteiger charge is 2.45. The molecule has 1 aromatic carbocycles. The maximum Gasteiger partial charge on any atom is 0.407 e. The van der Waals surface area contributed by atoms with Gasteiger partial charge in [0.1, 0.15) is 22.2 Å². The van der Waals surface area contributed by atoms with Crippen LogP contribution in [-0.4, -0.2) is 141 Å². The Labute approximate surface area is 374 Å². The van der Waals surface area contributed by atoms with Crippen LogP contribution in [0.25, 0.3) is 0 Å². The van der Waals surface area contributed by atoms with Crippen LogP contribution in [-0.2, 0) is 35.0 Å². The minimum Gasteiger partial charge on any atom is -0.444 e. The number of nitrogens with zero attached hydrogens (tertiary/aromatic N) is 6. The van der Waals surface area contributed by atoms with Crippen molar-refractivity contribution in [2.24, 2.45) is 11.8 Å². The number of alkyl halides is 2. The van der Waals surface area contributed by atoms with Gasteiger partial charge in [-0.2, -0.15) is 4.31 Å². The van der Waals surface area contributed by atoms with E-state index < -0.39 is 51.3 Å². The summed E-state index contributed by atoms with van der Waals surface area (Å²) in [6, 6.07) is 8.04. The molecule has 16 nitrogen and oxygen atoms in total. The lowest BCUT2D eigenvalue weighted by Gasteiger charge is -2.39. The molecule has 1 saturated carbocycles. The van der Waals surface area contributed by atoms with E-state index in [1.807, 2.05) is 4.90 Å². The molecule has 3 saturated heterocycles. The Morgan fingerprint density at radius 1 is 0.841 bits per heavy atom. The third-order valence-electron chi connectivity index (χ3n) is 11.7. The van der Waals surface area contributed by atoms with Crippen LogP contribution in [0.4, 0.5) is 29.9 Å². The van der Waals surface area contributed by atoms with Gasteiger partial charge in [-0.05, 0) is 104 Å². The van der Waals surface area contributed by atoms with Gasteiger partial charge in [0.15, 0.2) is 0 Å². The predicted octanol–water partition coefficient (Wildman–Crippen LogP) is 5.44. The van der Waals surface area contributed by atoms with Gasteiger partial charge in [0.25, 0.3) is 5.92 Å². The maximum atomic E-state index is 16.2. The van der Waals surface area contributed by atoms with E-state index in [2.05, 4.69) is 20.5 Å². The Bertz CT molecular complexity index is 2080. The first-order valence-electron chi connectivity index (χ1n) is 21.7. The van der Waals surface area contributed by atoms with Crippen molar-refractivity contribution < 1.29 is 45.9 Å².